The summed E-state index contributed by atoms with van der Waals surface area (Å²) in [7, 11) is 1.50. The van der Waals surface area contributed by atoms with Crippen LogP contribution in [0.3, 0.4) is 0 Å². The first-order chi connectivity index (χ1) is 7.70. The van der Waals surface area contributed by atoms with E-state index in [0.717, 1.165) is 0 Å². The van der Waals surface area contributed by atoms with Crippen LogP contribution in [0.1, 0.15) is 10.5 Å². The zero-order chi connectivity index (χ0) is 11.5. The number of aromatic nitrogens is 4. The number of rotatable bonds is 3. The summed E-state index contributed by atoms with van der Waals surface area (Å²) in [5, 5.41) is 15.8. The van der Waals surface area contributed by atoms with Gasteiger partial charge in [0.15, 0.2) is 11.5 Å². The predicted molar refractivity (Wildman–Crippen MR) is 52.7 cm³/mol. The highest BCUT2D eigenvalue weighted by molar-refractivity contribution is 5.84. The van der Waals surface area contributed by atoms with Gasteiger partial charge in [-0.3, -0.25) is 0 Å². The Morgan fingerprint density at radius 3 is 2.94 bits per heavy atom. The quantitative estimate of drug-likeness (QED) is 0.803. The molecule has 0 saturated carbocycles. The van der Waals surface area contributed by atoms with Gasteiger partial charge >= 0.3 is 5.97 Å². The molecule has 0 amide bonds. The molecule has 0 spiro atoms. The van der Waals surface area contributed by atoms with Crippen molar-refractivity contribution in [1.82, 2.24) is 20.0 Å². The largest absolute Gasteiger partial charge is 0.481 e. The highest BCUT2D eigenvalue weighted by atomic mass is 16.5. The van der Waals surface area contributed by atoms with E-state index >= 15 is 0 Å². The molecule has 0 atom stereocenters. The molecule has 7 heteroatoms. The van der Waals surface area contributed by atoms with Crippen molar-refractivity contribution in [2.75, 3.05) is 7.11 Å². The van der Waals surface area contributed by atoms with Crippen LogP contribution in [0.25, 0.3) is 5.82 Å². The molecule has 7 nitrogen and oxygen atoms in total. The highest BCUT2D eigenvalue weighted by Gasteiger charge is 2.10. The lowest BCUT2D eigenvalue weighted by Crippen LogP contribution is -1.99. The Bertz CT molecular complexity index is 523. The van der Waals surface area contributed by atoms with E-state index in [9.17, 15) is 4.79 Å². The minimum Gasteiger partial charge on any atom is -0.481 e. The molecule has 2 aromatic rings. The maximum absolute atomic E-state index is 10.6. The monoisotopic (exact) mass is 220 g/mol. The third-order valence-electron chi connectivity index (χ3n) is 1.87. The van der Waals surface area contributed by atoms with Gasteiger partial charge < -0.3 is 9.84 Å². The number of pyridine rings is 1. The van der Waals surface area contributed by atoms with Gasteiger partial charge in [0.2, 0.25) is 5.88 Å². The number of carboxylic acid groups (broad SMARTS) is 1. The first kappa shape index (κ1) is 10.1. The van der Waals surface area contributed by atoms with Crippen molar-refractivity contribution >= 4 is 5.97 Å². The Morgan fingerprint density at radius 1 is 1.50 bits per heavy atom. The van der Waals surface area contributed by atoms with Gasteiger partial charge in [0.25, 0.3) is 0 Å². The van der Waals surface area contributed by atoms with Gasteiger partial charge in [-0.05, 0) is 6.07 Å². The van der Waals surface area contributed by atoms with E-state index in [1.54, 1.807) is 18.2 Å². The van der Waals surface area contributed by atoms with E-state index < -0.39 is 5.97 Å². The highest BCUT2D eigenvalue weighted by Crippen LogP contribution is 2.09. The number of hydrogen-bond donors (Lipinski definition) is 1. The van der Waals surface area contributed by atoms with E-state index in [1.165, 1.54) is 18.0 Å². The van der Waals surface area contributed by atoms with Crippen LogP contribution in [0, 0.1) is 0 Å². The summed E-state index contributed by atoms with van der Waals surface area (Å²) in [6, 6.07) is 5.07. The number of hydrogen-bond acceptors (Lipinski definition) is 5. The SMILES string of the molecule is COc1cccc(-n2cc(C(=O)O)nn2)n1. The van der Waals surface area contributed by atoms with Gasteiger partial charge in [-0.15, -0.1) is 5.10 Å². The van der Waals surface area contributed by atoms with E-state index in [4.69, 9.17) is 9.84 Å². The molecular formula is C9H8N4O3. The number of carboxylic acids is 1. The summed E-state index contributed by atoms with van der Waals surface area (Å²) in [5.41, 5.74) is -0.135. The number of carbonyl (C=O) groups is 1. The molecule has 1 N–H and O–H groups in total. The van der Waals surface area contributed by atoms with E-state index in [1.807, 2.05) is 0 Å². The third-order valence-corrected chi connectivity index (χ3v) is 1.87. The molecular weight excluding hydrogens is 212 g/mol. The molecule has 0 aliphatic carbocycles. The van der Waals surface area contributed by atoms with Gasteiger partial charge in [0, 0.05) is 6.07 Å². The smallest absolute Gasteiger partial charge is 0.358 e. The molecule has 82 valence electrons. The van der Waals surface area contributed by atoms with Crippen LogP contribution in [0.15, 0.2) is 24.4 Å². The molecule has 0 aliphatic heterocycles. The number of nitrogens with zero attached hydrogens (tertiary/aromatic N) is 4. The second-order valence-corrected chi connectivity index (χ2v) is 2.89. The molecule has 2 rings (SSSR count). The van der Waals surface area contributed by atoms with E-state index in [0.29, 0.717) is 11.7 Å². The van der Waals surface area contributed by atoms with Crippen molar-refractivity contribution in [2.24, 2.45) is 0 Å². The molecule has 0 aromatic carbocycles. The molecule has 2 aromatic heterocycles. The summed E-state index contributed by atoms with van der Waals surface area (Å²) < 4.78 is 6.21. The predicted octanol–water partition coefficient (Wildman–Crippen LogP) is 0.369. The van der Waals surface area contributed by atoms with Crippen LogP contribution in [-0.4, -0.2) is 38.2 Å². The molecule has 2 heterocycles. The summed E-state index contributed by atoms with van der Waals surface area (Å²) in [4.78, 5) is 14.7. The Labute approximate surface area is 90.3 Å². The second kappa shape index (κ2) is 3.97. The molecule has 0 bridgehead atoms. The molecule has 0 fully saturated rings. The van der Waals surface area contributed by atoms with Crippen molar-refractivity contribution in [3.8, 4) is 11.7 Å². The zero-order valence-corrected chi connectivity index (χ0v) is 8.36. The van der Waals surface area contributed by atoms with Gasteiger partial charge in [0.05, 0.1) is 13.3 Å². The van der Waals surface area contributed by atoms with Gasteiger partial charge in [-0.1, -0.05) is 11.3 Å². The van der Waals surface area contributed by atoms with E-state index in [2.05, 4.69) is 15.3 Å². The van der Waals surface area contributed by atoms with Crippen molar-refractivity contribution in [3.63, 3.8) is 0 Å². The Hall–Kier alpha value is -2.44. The zero-order valence-electron chi connectivity index (χ0n) is 8.36. The molecule has 0 radical (unpaired) electrons. The molecule has 0 saturated heterocycles. The average molecular weight is 220 g/mol. The fraction of sp³-hybridized carbons (Fsp3) is 0.111. The Kier molecular flexibility index (Phi) is 2.50. The lowest BCUT2D eigenvalue weighted by atomic mass is 10.4. The Morgan fingerprint density at radius 2 is 2.31 bits per heavy atom. The third kappa shape index (κ3) is 1.83. The minimum absolute atomic E-state index is 0.135. The van der Waals surface area contributed by atoms with Crippen LogP contribution < -0.4 is 4.74 Å². The van der Waals surface area contributed by atoms with Gasteiger partial charge in [-0.2, -0.15) is 4.98 Å². The first-order valence-electron chi connectivity index (χ1n) is 4.38. The van der Waals surface area contributed by atoms with Crippen LogP contribution in [0.2, 0.25) is 0 Å². The van der Waals surface area contributed by atoms with Crippen molar-refractivity contribution in [1.29, 1.82) is 0 Å². The van der Waals surface area contributed by atoms with Crippen molar-refractivity contribution in [3.05, 3.63) is 30.1 Å². The number of ether oxygens (including phenoxy) is 1. The van der Waals surface area contributed by atoms with Crippen molar-refractivity contribution in [2.45, 2.75) is 0 Å². The maximum atomic E-state index is 10.6. The number of methoxy groups -OCH3 is 1. The van der Waals surface area contributed by atoms with Crippen LogP contribution in [0.5, 0.6) is 5.88 Å². The lowest BCUT2D eigenvalue weighted by molar-refractivity contribution is 0.0690. The van der Waals surface area contributed by atoms with E-state index in [-0.39, 0.29) is 5.69 Å². The molecule has 0 unspecified atom stereocenters. The number of aromatic carboxylic acids is 1. The summed E-state index contributed by atoms with van der Waals surface area (Å²) in [5.74, 6) is -0.265. The molecule has 16 heavy (non-hydrogen) atoms. The summed E-state index contributed by atoms with van der Waals surface area (Å²) in [6.07, 6.45) is 1.28. The normalized spacial score (nSPS) is 10.1. The molecule has 0 aliphatic rings. The minimum atomic E-state index is -1.13. The van der Waals surface area contributed by atoms with Gasteiger partial charge in [0.1, 0.15) is 0 Å². The Balaban J connectivity index is 2.38. The first-order valence-corrected chi connectivity index (χ1v) is 4.38. The standard InChI is InChI=1S/C9H8N4O3/c1-16-8-4-2-3-7(10-8)13-5-6(9(14)15)11-12-13/h2-5H,1H3,(H,14,15). The van der Waals surface area contributed by atoms with Crippen LogP contribution in [-0.2, 0) is 0 Å². The fourth-order valence-electron chi connectivity index (χ4n) is 1.12. The van der Waals surface area contributed by atoms with Crippen molar-refractivity contribution < 1.29 is 14.6 Å². The second-order valence-electron chi connectivity index (χ2n) is 2.89. The summed E-state index contributed by atoms with van der Waals surface area (Å²) >= 11 is 0. The maximum Gasteiger partial charge on any atom is 0.358 e. The van der Waals surface area contributed by atoms with Crippen LogP contribution >= 0.6 is 0 Å². The topological polar surface area (TPSA) is 90.1 Å². The fourth-order valence-corrected chi connectivity index (χ4v) is 1.12. The lowest BCUT2D eigenvalue weighted by Gasteiger charge is -2.01. The average Bonchev–Trinajstić information content (AvgIpc) is 2.78. The van der Waals surface area contributed by atoms with Crippen LogP contribution in [0.4, 0.5) is 0 Å². The van der Waals surface area contributed by atoms with Gasteiger partial charge in [-0.25, -0.2) is 9.48 Å². The summed E-state index contributed by atoms with van der Waals surface area (Å²) in [6.45, 7) is 0.